The fourth-order valence-corrected chi connectivity index (χ4v) is 4.24. The average Bonchev–Trinajstić information content (AvgIpc) is 2.76. The lowest BCUT2D eigenvalue weighted by molar-refractivity contribution is 0.126. The molecular weight excluding hydrogens is 366 g/mol. The summed E-state index contributed by atoms with van der Waals surface area (Å²) < 4.78 is 5.30. The second-order valence-corrected chi connectivity index (χ2v) is 8.03. The number of hydrogen-bond donors (Lipinski definition) is 4. The highest BCUT2D eigenvalue weighted by molar-refractivity contribution is 5.58. The quantitative estimate of drug-likeness (QED) is 0.594. The zero-order chi connectivity index (χ0) is 20.1. The first kappa shape index (κ1) is 19.9. The molecule has 1 aromatic heterocycles. The van der Waals surface area contributed by atoms with Crippen molar-refractivity contribution < 1.29 is 9.84 Å². The normalized spacial score (nSPS) is 22.8. The maximum absolute atomic E-state index is 9.82. The highest BCUT2D eigenvalue weighted by Gasteiger charge is 2.24. The summed E-state index contributed by atoms with van der Waals surface area (Å²) in [6.07, 6.45) is 7.65. The topological polar surface area (TPSA) is 91.3 Å². The van der Waals surface area contributed by atoms with Crippen molar-refractivity contribution in [1.82, 2.24) is 15.3 Å². The minimum Gasteiger partial charge on any atom is -0.497 e. The van der Waals surface area contributed by atoms with E-state index < -0.39 is 0 Å². The smallest absolute Gasteiger partial charge is 0.229 e. The molecule has 0 unspecified atom stereocenters. The minimum atomic E-state index is -0.160. The van der Waals surface area contributed by atoms with E-state index in [0.717, 1.165) is 68.9 Å². The Bertz CT molecular complexity index is 802. The van der Waals surface area contributed by atoms with Gasteiger partial charge in [-0.2, -0.15) is 4.98 Å². The molecule has 0 bridgehead atoms. The van der Waals surface area contributed by atoms with E-state index in [-0.39, 0.29) is 6.10 Å². The van der Waals surface area contributed by atoms with Crippen LogP contribution in [0.4, 0.5) is 17.5 Å². The van der Waals surface area contributed by atoms with E-state index >= 15 is 0 Å². The summed E-state index contributed by atoms with van der Waals surface area (Å²) in [5.74, 6) is 2.77. The van der Waals surface area contributed by atoms with Crippen molar-refractivity contribution in [2.45, 2.75) is 56.6 Å². The molecule has 4 rings (SSSR count). The third kappa shape index (κ3) is 5.16. The molecule has 7 nitrogen and oxygen atoms in total. The van der Waals surface area contributed by atoms with Gasteiger partial charge in [-0.1, -0.05) is 6.07 Å². The van der Waals surface area contributed by atoms with Crippen molar-refractivity contribution in [2.24, 2.45) is 0 Å². The molecule has 4 N–H and O–H groups in total. The standard InChI is InChI=1S/C22H31N5O2/c1-29-19-4-2-3-17(13-19)26-22-24-14-20(15-9-11-23-12-10-15)21(27-22)25-16-5-7-18(28)8-6-16/h2-4,13-16,18,23,28H,5-12H2,1H3,(H2,24,25,26,27). The summed E-state index contributed by atoms with van der Waals surface area (Å²) in [4.78, 5) is 9.46. The van der Waals surface area contributed by atoms with Crippen LogP contribution in [0.3, 0.4) is 0 Å². The summed E-state index contributed by atoms with van der Waals surface area (Å²) in [5, 5.41) is 20.2. The van der Waals surface area contributed by atoms with Gasteiger partial charge in [-0.05, 0) is 69.7 Å². The monoisotopic (exact) mass is 397 g/mol. The highest BCUT2D eigenvalue weighted by Crippen LogP contribution is 2.32. The van der Waals surface area contributed by atoms with Gasteiger partial charge in [-0.15, -0.1) is 0 Å². The summed E-state index contributed by atoms with van der Waals surface area (Å²) in [7, 11) is 1.66. The second kappa shape index (κ2) is 9.41. The van der Waals surface area contributed by atoms with Gasteiger partial charge in [0, 0.05) is 29.6 Å². The van der Waals surface area contributed by atoms with Gasteiger partial charge in [-0.25, -0.2) is 4.98 Å². The predicted octanol–water partition coefficient (Wildman–Crippen LogP) is 3.41. The largest absolute Gasteiger partial charge is 0.497 e. The molecule has 2 fully saturated rings. The minimum absolute atomic E-state index is 0.160. The lowest BCUT2D eigenvalue weighted by atomic mass is 9.90. The third-order valence-corrected chi connectivity index (χ3v) is 5.96. The van der Waals surface area contributed by atoms with Crippen molar-refractivity contribution in [3.05, 3.63) is 36.0 Å². The molecule has 2 aromatic rings. The Labute approximate surface area is 172 Å². The van der Waals surface area contributed by atoms with E-state index in [1.807, 2.05) is 30.5 Å². The van der Waals surface area contributed by atoms with Crippen LogP contribution in [0.2, 0.25) is 0 Å². The number of aromatic nitrogens is 2. The van der Waals surface area contributed by atoms with E-state index in [0.29, 0.717) is 17.9 Å². The molecule has 2 aliphatic rings. The Morgan fingerprint density at radius 3 is 2.66 bits per heavy atom. The Balaban J connectivity index is 1.56. The Kier molecular flexibility index (Phi) is 6.46. The van der Waals surface area contributed by atoms with E-state index in [1.165, 1.54) is 5.56 Å². The van der Waals surface area contributed by atoms with Crippen LogP contribution in [0.1, 0.15) is 50.0 Å². The summed E-state index contributed by atoms with van der Waals surface area (Å²) >= 11 is 0. The van der Waals surface area contributed by atoms with Gasteiger partial charge in [0.2, 0.25) is 5.95 Å². The maximum Gasteiger partial charge on any atom is 0.229 e. The number of aliphatic hydroxyl groups is 1. The summed E-state index contributed by atoms with van der Waals surface area (Å²) in [5.41, 5.74) is 2.10. The molecule has 7 heteroatoms. The highest BCUT2D eigenvalue weighted by atomic mass is 16.5. The molecule has 156 valence electrons. The molecule has 0 radical (unpaired) electrons. The van der Waals surface area contributed by atoms with Gasteiger partial charge < -0.3 is 25.8 Å². The Morgan fingerprint density at radius 2 is 1.90 bits per heavy atom. The second-order valence-electron chi connectivity index (χ2n) is 8.03. The van der Waals surface area contributed by atoms with Crippen LogP contribution in [-0.2, 0) is 0 Å². The Morgan fingerprint density at radius 1 is 1.10 bits per heavy atom. The van der Waals surface area contributed by atoms with Crippen LogP contribution in [0.5, 0.6) is 5.75 Å². The fourth-order valence-electron chi connectivity index (χ4n) is 4.24. The van der Waals surface area contributed by atoms with Crippen molar-refractivity contribution in [3.8, 4) is 5.75 Å². The van der Waals surface area contributed by atoms with Crippen molar-refractivity contribution >= 4 is 17.5 Å². The molecule has 1 aromatic carbocycles. The first-order valence-electron chi connectivity index (χ1n) is 10.6. The number of nitrogens with one attached hydrogen (secondary N) is 3. The molecule has 1 aliphatic heterocycles. The van der Waals surface area contributed by atoms with Crippen LogP contribution >= 0.6 is 0 Å². The van der Waals surface area contributed by atoms with E-state index in [1.54, 1.807) is 7.11 Å². The Hall–Kier alpha value is -2.38. The van der Waals surface area contributed by atoms with E-state index in [9.17, 15) is 5.11 Å². The fraction of sp³-hybridized carbons (Fsp3) is 0.545. The number of nitrogens with zero attached hydrogens (tertiary/aromatic N) is 2. The molecule has 1 saturated heterocycles. The van der Waals surface area contributed by atoms with Crippen molar-refractivity contribution in [2.75, 3.05) is 30.8 Å². The molecule has 0 spiro atoms. The van der Waals surface area contributed by atoms with Crippen molar-refractivity contribution in [3.63, 3.8) is 0 Å². The van der Waals surface area contributed by atoms with Gasteiger partial charge in [0.25, 0.3) is 0 Å². The molecular formula is C22H31N5O2. The van der Waals surface area contributed by atoms with Crippen LogP contribution < -0.4 is 20.7 Å². The SMILES string of the molecule is COc1cccc(Nc2ncc(C3CCNCC3)c(NC3CCC(O)CC3)n2)c1. The molecule has 2 heterocycles. The number of aliphatic hydroxyl groups excluding tert-OH is 1. The summed E-state index contributed by atoms with van der Waals surface area (Å²) in [6, 6.07) is 8.11. The van der Waals surface area contributed by atoms with E-state index in [4.69, 9.17) is 9.72 Å². The van der Waals surface area contributed by atoms with Gasteiger partial charge in [0.1, 0.15) is 11.6 Å². The average molecular weight is 398 g/mol. The third-order valence-electron chi connectivity index (χ3n) is 5.96. The zero-order valence-corrected chi connectivity index (χ0v) is 17.0. The number of benzene rings is 1. The zero-order valence-electron chi connectivity index (χ0n) is 17.0. The summed E-state index contributed by atoms with van der Waals surface area (Å²) in [6.45, 7) is 2.06. The van der Waals surface area contributed by atoms with Crippen LogP contribution in [0.25, 0.3) is 0 Å². The molecule has 29 heavy (non-hydrogen) atoms. The van der Waals surface area contributed by atoms with Crippen LogP contribution in [0, 0.1) is 0 Å². The van der Waals surface area contributed by atoms with Crippen molar-refractivity contribution in [1.29, 1.82) is 0 Å². The molecule has 0 amide bonds. The number of rotatable bonds is 6. The maximum atomic E-state index is 9.82. The first-order valence-corrected chi connectivity index (χ1v) is 10.6. The van der Waals surface area contributed by atoms with Gasteiger partial charge in [0.05, 0.1) is 13.2 Å². The number of methoxy groups -OCH3 is 1. The van der Waals surface area contributed by atoms with Crippen LogP contribution in [0.15, 0.2) is 30.5 Å². The lowest BCUT2D eigenvalue weighted by Crippen LogP contribution is -2.30. The lowest BCUT2D eigenvalue weighted by Gasteiger charge is -2.29. The van der Waals surface area contributed by atoms with Gasteiger partial charge in [0.15, 0.2) is 0 Å². The van der Waals surface area contributed by atoms with E-state index in [2.05, 4.69) is 20.9 Å². The predicted molar refractivity (Wildman–Crippen MR) is 115 cm³/mol. The van der Waals surface area contributed by atoms with Gasteiger partial charge >= 0.3 is 0 Å². The number of ether oxygens (including phenoxy) is 1. The molecule has 0 atom stereocenters. The first-order chi connectivity index (χ1) is 14.2. The molecule has 1 saturated carbocycles. The number of piperidine rings is 1. The number of hydrogen-bond acceptors (Lipinski definition) is 7. The molecule has 1 aliphatic carbocycles. The van der Waals surface area contributed by atoms with Gasteiger partial charge in [-0.3, -0.25) is 0 Å². The number of anilines is 3. The van der Waals surface area contributed by atoms with Crippen LogP contribution in [-0.4, -0.2) is 47.4 Å².